The molecule has 1 N–H and O–H groups in total. The summed E-state index contributed by atoms with van der Waals surface area (Å²) in [5.74, 6) is 0.567. The van der Waals surface area contributed by atoms with Crippen LogP contribution in [0.3, 0.4) is 0 Å². The minimum atomic E-state index is -3.88. The number of para-hydroxylation sites is 1. The number of anilines is 1. The van der Waals surface area contributed by atoms with Crippen molar-refractivity contribution in [2.75, 3.05) is 17.4 Å². The summed E-state index contributed by atoms with van der Waals surface area (Å²) in [6.45, 7) is 9.31. The van der Waals surface area contributed by atoms with Crippen molar-refractivity contribution < 1.29 is 17.9 Å². The Morgan fingerprint density at radius 1 is 1.06 bits per heavy atom. The first-order valence-electron chi connectivity index (χ1n) is 10.5. The highest BCUT2D eigenvalue weighted by Gasteiger charge is 2.29. The lowest BCUT2D eigenvalue weighted by molar-refractivity contribution is 0.0529. The molecule has 0 bridgehead atoms. The van der Waals surface area contributed by atoms with Crippen LogP contribution in [0.25, 0.3) is 10.9 Å². The number of fused-ring (bicyclic) bond motifs is 1. The third-order valence-corrected chi connectivity index (χ3v) is 6.95. The van der Waals surface area contributed by atoms with Crippen LogP contribution in [-0.2, 0) is 21.8 Å². The molecule has 0 aliphatic rings. The summed E-state index contributed by atoms with van der Waals surface area (Å²) in [5, 5.41) is 3.65. The molecule has 0 spiro atoms. The summed E-state index contributed by atoms with van der Waals surface area (Å²) >= 11 is 0. The number of rotatable bonds is 6. The topological polar surface area (TPSA) is 80.6 Å². The molecule has 0 radical (unpaired) electrons. The molecule has 1 aromatic heterocycles. The molecule has 1 heterocycles. The second-order valence-electron chi connectivity index (χ2n) is 8.84. The second kappa shape index (κ2) is 8.86. The molecule has 0 atom stereocenters. The fourth-order valence-electron chi connectivity index (χ4n) is 3.67. The zero-order valence-corrected chi connectivity index (χ0v) is 20.3. The SMILES string of the molecule is Cc1ccc(S(=O)(=O)N(CCNC(=O)OC(C)(C)C)c2c(C)c3ccccc3n2C)cc1. The number of hydrogen-bond donors (Lipinski definition) is 1. The molecule has 0 aliphatic heterocycles. The molecule has 0 saturated heterocycles. The highest BCUT2D eigenvalue weighted by Crippen LogP contribution is 2.34. The van der Waals surface area contributed by atoms with E-state index in [-0.39, 0.29) is 18.0 Å². The van der Waals surface area contributed by atoms with Gasteiger partial charge in [0.2, 0.25) is 0 Å². The number of nitrogens with zero attached hydrogens (tertiary/aromatic N) is 2. The zero-order valence-electron chi connectivity index (χ0n) is 19.5. The van der Waals surface area contributed by atoms with E-state index in [1.54, 1.807) is 45.0 Å². The van der Waals surface area contributed by atoms with E-state index in [0.717, 1.165) is 22.0 Å². The monoisotopic (exact) mass is 457 g/mol. The highest BCUT2D eigenvalue weighted by atomic mass is 32.2. The average Bonchev–Trinajstić information content (AvgIpc) is 2.95. The summed E-state index contributed by atoms with van der Waals surface area (Å²) in [6, 6.07) is 14.6. The first-order valence-corrected chi connectivity index (χ1v) is 12.0. The van der Waals surface area contributed by atoms with Crippen molar-refractivity contribution in [2.45, 2.75) is 45.1 Å². The number of sulfonamides is 1. The zero-order chi connectivity index (χ0) is 23.7. The van der Waals surface area contributed by atoms with Crippen LogP contribution in [0.1, 0.15) is 31.9 Å². The van der Waals surface area contributed by atoms with Crippen LogP contribution >= 0.6 is 0 Å². The van der Waals surface area contributed by atoms with Gasteiger partial charge in [0.25, 0.3) is 10.0 Å². The Balaban J connectivity index is 2.01. The first-order chi connectivity index (χ1) is 14.9. The lowest BCUT2D eigenvalue weighted by atomic mass is 10.2. The van der Waals surface area contributed by atoms with Gasteiger partial charge < -0.3 is 14.6 Å². The number of alkyl carbamates (subject to hydrolysis) is 1. The molecule has 0 aliphatic carbocycles. The van der Waals surface area contributed by atoms with E-state index >= 15 is 0 Å². The average molecular weight is 458 g/mol. The van der Waals surface area contributed by atoms with Gasteiger partial charge in [0.15, 0.2) is 0 Å². The summed E-state index contributed by atoms with van der Waals surface area (Å²) in [4.78, 5) is 12.3. The number of hydrogen-bond acceptors (Lipinski definition) is 4. The van der Waals surface area contributed by atoms with Crippen LogP contribution in [0.15, 0.2) is 53.4 Å². The third kappa shape index (κ3) is 4.91. The Kier molecular flexibility index (Phi) is 6.55. The maximum Gasteiger partial charge on any atom is 0.407 e. The summed E-state index contributed by atoms with van der Waals surface area (Å²) in [7, 11) is -2.03. The van der Waals surface area contributed by atoms with Gasteiger partial charge in [-0.15, -0.1) is 0 Å². The lowest BCUT2D eigenvalue weighted by Gasteiger charge is -2.26. The maximum absolute atomic E-state index is 13.7. The Labute approximate surface area is 190 Å². The van der Waals surface area contributed by atoms with Crippen molar-refractivity contribution in [2.24, 2.45) is 7.05 Å². The summed E-state index contributed by atoms with van der Waals surface area (Å²) in [5.41, 5.74) is 2.13. The van der Waals surface area contributed by atoms with Crippen molar-refractivity contribution in [1.82, 2.24) is 9.88 Å². The van der Waals surface area contributed by atoms with E-state index < -0.39 is 21.7 Å². The normalized spacial score (nSPS) is 12.1. The molecular formula is C24H31N3O4S. The number of aromatic nitrogens is 1. The van der Waals surface area contributed by atoms with E-state index in [0.29, 0.717) is 5.82 Å². The van der Waals surface area contributed by atoms with Crippen molar-refractivity contribution in [1.29, 1.82) is 0 Å². The number of amides is 1. The third-order valence-electron chi connectivity index (χ3n) is 5.15. The lowest BCUT2D eigenvalue weighted by Crippen LogP contribution is -2.41. The van der Waals surface area contributed by atoms with Gasteiger partial charge in [-0.05, 0) is 52.8 Å². The molecule has 172 valence electrons. The Morgan fingerprint density at radius 3 is 2.28 bits per heavy atom. The maximum atomic E-state index is 13.7. The van der Waals surface area contributed by atoms with Gasteiger partial charge in [-0.25, -0.2) is 17.5 Å². The molecule has 0 unspecified atom stereocenters. The number of ether oxygens (including phenoxy) is 1. The fourth-order valence-corrected chi connectivity index (χ4v) is 5.23. The number of carbonyl (C=O) groups excluding carboxylic acids is 1. The molecule has 2 aromatic carbocycles. The minimum Gasteiger partial charge on any atom is -0.444 e. The minimum absolute atomic E-state index is 0.0560. The molecule has 0 saturated carbocycles. The van der Waals surface area contributed by atoms with E-state index in [9.17, 15) is 13.2 Å². The van der Waals surface area contributed by atoms with Gasteiger partial charge in [0, 0.05) is 30.1 Å². The van der Waals surface area contributed by atoms with E-state index in [2.05, 4.69) is 5.32 Å². The van der Waals surface area contributed by atoms with Gasteiger partial charge in [0.05, 0.1) is 11.4 Å². The first kappa shape index (κ1) is 23.7. The molecule has 7 nitrogen and oxygen atoms in total. The Morgan fingerprint density at radius 2 is 1.69 bits per heavy atom. The van der Waals surface area contributed by atoms with Crippen molar-refractivity contribution in [3.05, 3.63) is 59.7 Å². The predicted molar refractivity (Wildman–Crippen MR) is 128 cm³/mol. The summed E-state index contributed by atoms with van der Waals surface area (Å²) < 4.78 is 35.9. The van der Waals surface area contributed by atoms with Crippen LogP contribution in [-0.4, -0.2) is 37.8 Å². The molecule has 1 amide bonds. The number of benzene rings is 2. The quantitative estimate of drug-likeness (QED) is 0.590. The fraction of sp³-hybridized carbons (Fsp3) is 0.375. The molecule has 3 aromatic rings. The van der Waals surface area contributed by atoms with E-state index in [4.69, 9.17) is 4.74 Å². The molecule has 0 fully saturated rings. The van der Waals surface area contributed by atoms with E-state index in [1.807, 2.05) is 49.7 Å². The van der Waals surface area contributed by atoms with Gasteiger partial charge in [-0.2, -0.15) is 0 Å². The molecule has 8 heteroatoms. The van der Waals surface area contributed by atoms with Gasteiger partial charge in [0.1, 0.15) is 11.4 Å². The number of aryl methyl sites for hydroxylation is 3. The van der Waals surface area contributed by atoms with Crippen molar-refractivity contribution in [3.8, 4) is 0 Å². The highest BCUT2D eigenvalue weighted by molar-refractivity contribution is 7.92. The van der Waals surface area contributed by atoms with Gasteiger partial charge >= 0.3 is 6.09 Å². The molecule has 3 rings (SSSR count). The smallest absolute Gasteiger partial charge is 0.407 e. The second-order valence-corrected chi connectivity index (χ2v) is 10.7. The van der Waals surface area contributed by atoms with Gasteiger partial charge in [-0.3, -0.25) is 0 Å². The standard InChI is InChI=1S/C24H31N3O4S/c1-17-11-13-19(14-12-17)32(29,30)27(16-15-25-23(28)31-24(3,4)5)22-18(2)20-9-7-8-10-21(20)26(22)6/h7-14H,15-16H2,1-6H3,(H,25,28). The molecular weight excluding hydrogens is 426 g/mol. The summed E-state index contributed by atoms with van der Waals surface area (Å²) in [6.07, 6.45) is -0.584. The number of nitrogens with one attached hydrogen (secondary N) is 1. The van der Waals surface area contributed by atoms with Gasteiger partial charge in [-0.1, -0.05) is 35.9 Å². The Hall–Kier alpha value is -3.00. The number of carbonyl (C=O) groups is 1. The van der Waals surface area contributed by atoms with Crippen LogP contribution in [0.5, 0.6) is 0 Å². The Bertz CT molecular complexity index is 1180. The van der Waals surface area contributed by atoms with Crippen LogP contribution < -0.4 is 9.62 Å². The van der Waals surface area contributed by atoms with Crippen LogP contribution in [0, 0.1) is 13.8 Å². The van der Waals surface area contributed by atoms with Crippen molar-refractivity contribution >= 4 is 32.8 Å². The van der Waals surface area contributed by atoms with Crippen LogP contribution in [0.2, 0.25) is 0 Å². The molecule has 32 heavy (non-hydrogen) atoms. The van der Waals surface area contributed by atoms with Crippen molar-refractivity contribution in [3.63, 3.8) is 0 Å². The largest absolute Gasteiger partial charge is 0.444 e. The van der Waals surface area contributed by atoms with Crippen LogP contribution in [0.4, 0.5) is 10.6 Å². The predicted octanol–water partition coefficient (Wildman–Crippen LogP) is 4.52. The van der Waals surface area contributed by atoms with E-state index in [1.165, 1.54) is 4.31 Å².